The molecule has 0 radical (unpaired) electrons. The monoisotopic (exact) mass is 477 g/mol. The van der Waals surface area contributed by atoms with Crippen LogP contribution in [-0.4, -0.2) is 64.6 Å². The number of hydrogen-bond acceptors (Lipinski definition) is 7. The molecule has 0 unspecified atom stereocenters. The standard InChI is InChI=1S/C24H35NO7Si/c1-22(2,33(5,6)29)12-16-18(27)19-21(32-23(3,4)31-19)24(20(16)28)13-17(26)25(24)30-14-15-10-8-7-9-11-15/h7-11,16,19-21,28-29H,12-14H2,1-6H3/t16-,19-,20-,21-,24+/m1/s1. The maximum Gasteiger partial charge on any atom is 0.249 e. The van der Waals surface area contributed by atoms with E-state index in [-0.39, 0.29) is 31.1 Å². The topological polar surface area (TPSA) is 106 Å². The van der Waals surface area contributed by atoms with Gasteiger partial charge in [-0.25, -0.2) is 5.06 Å². The van der Waals surface area contributed by atoms with E-state index in [1.807, 2.05) is 57.3 Å². The van der Waals surface area contributed by atoms with Crippen molar-refractivity contribution in [1.82, 2.24) is 5.06 Å². The predicted molar refractivity (Wildman–Crippen MR) is 122 cm³/mol. The number of benzene rings is 1. The van der Waals surface area contributed by atoms with Gasteiger partial charge in [0.15, 0.2) is 19.9 Å². The van der Waals surface area contributed by atoms with Crippen LogP contribution in [0.1, 0.15) is 46.1 Å². The number of carbonyl (C=O) groups excluding carboxylic acids is 2. The Kier molecular flexibility index (Phi) is 5.91. The van der Waals surface area contributed by atoms with Gasteiger partial charge >= 0.3 is 0 Å². The lowest BCUT2D eigenvalue weighted by Gasteiger charge is -2.59. The molecule has 182 valence electrons. The summed E-state index contributed by atoms with van der Waals surface area (Å²) >= 11 is 0. The zero-order chi connectivity index (χ0) is 24.4. The molecular weight excluding hydrogens is 442 g/mol. The van der Waals surface area contributed by atoms with Gasteiger partial charge in [-0.3, -0.25) is 14.4 Å². The van der Waals surface area contributed by atoms with Crippen LogP contribution in [0.15, 0.2) is 30.3 Å². The summed E-state index contributed by atoms with van der Waals surface area (Å²) in [6.07, 6.45) is -2.72. The number of fused-ring (bicyclic) bond motifs is 2. The second-order valence-electron chi connectivity index (χ2n) is 11.2. The normalized spacial score (nSPS) is 33.9. The maximum absolute atomic E-state index is 13.5. The average Bonchev–Trinajstić information content (AvgIpc) is 3.04. The largest absolute Gasteiger partial charge is 0.432 e. The molecule has 4 rings (SSSR count). The van der Waals surface area contributed by atoms with Crippen molar-refractivity contribution in [2.75, 3.05) is 0 Å². The van der Waals surface area contributed by atoms with Gasteiger partial charge in [0, 0.05) is 5.92 Å². The molecule has 3 fully saturated rings. The van der Waals surface area contributed by atoms with Gasteiger partial charge < -0.3 is 19.4 Å². The Morgan fingerprint density at radius 1 is 1.18 bits per heavy atom. The molecule has 1 saturated carbocycles. The van der Waals surface area contributed by atoms with Crippen molar-refractivity contribution in [1.29, 1.82) is 0 Å². The highest BCUT2D eigenvalue weighted by Gasteiger charge is 2.73. The molecule has 1 aliphatic carbocycles. The van der Waals surface area contributed by atoms with Gasteiger partial charge in [0.05, 0.1) is 12.5 Å². The third-order valence-corrected chi connectivity index (χ3v) is 11.3. The molecule has 2 heterocycles. The zero-order valence-corrected chi connectivity index (χ0v) is 21.2. The van der Waals surface area contributed by atoms with Crippen LogP contribution in [0.25, 0.3) is 0 Å². The summed E-state index contributed by atoms with van der Waals surface area (Å²) in [5.41, 5.74) is -0.361. The lowest BCUT2D eigenvalue weighted by molar-refractivity contribution is -0.314. The second-order valence-corrected chi connectivity index (χ2v) is 15.7. The lowest BCUT2D eigenvalue weighted by atomic mass is 9.62. The van der Waals surface area contributed by atoms with Gasteiger partial charge in [0.1, 0.15) is 24.4 Å². The number of ketones is 1. The molecule has 2 N–H and O–H groups in total. The number of amides is 1. The Morgan fingerprint density at radius 2 is 1.82 bits per heavy atom. The molecule has 1 amide bonds. The van der Waals surface area contributed by atoms with E-state index in [1.165, 1.54) is 5.06 Å². The van der Waals surface area contributed by atoms with Crippen molar-refractivity contribution in [3.05, 3.63) is 35.9 Å². The van der Waals surface area contributed by atoms with Crippen LogP contribution in [-0.2, 0) is 30.5 Å². The second kappa shape index (κ2) is 7.96. The number of nitrogens with zero attached hydrogens (tertiary/aromatic N) is 1. The first-order valence-electron chi connectivity index (χ1n) is 11.5. The summed E-state index contributed by atoms with van der Waals surface area (Å²) in [5, 5.41) is 12.3. The molecule has 8 nitrogen and oxygen atoms in total. The van der Waals surface area contributed by atoms with E-state index in [2.05, 4.69) is 0 Å². The minimum Gasteiger partial charge on any atom is -0.432 e. The smallest absolute Gasteiger partial charge is 0.249 e. The highest BCUT2D eigenvalue weighted by molar-refractivity contribution is 6.72. The number of hydrogen-bond donors (Lipinski definition) is 2. The number of Topliss-reactive ketones (excluding diaryl/α,β-unsaturated/α-hetero) is 1. The van der Waals surface area contributed by atoms with Crippen LogP contribution in [0.3, 0.4) is 0 Å². The van der Waals surface area contributed by atoms with Crippen molar-refractivity contribution in [2.24, 2.45) is 5.92 Å². The molecule has 2 saturated heterocycles. The van der Waals surface area contributed by atoms with E-state index in [9.17, 15) is 19.5 Å². The quantitative estimate of drug-likeness (QED) is 0.479. The Morgan fingerprint density at radius 3 is 2.39 bits per heavy atom. The Bertz CT molecular complexity index is 928. The number of hydroxylamine groups is 2. The first-order valence-corrected chi connectivity index (χ1v) is 14.4. The number of aliphatic hydroxyl groups is 1. The van der Waals surface area contributed by atoms with Crippen LogP contribution in [0, 0.1) is 5.92 Å². The van der Waals surface area contributed by atoms with Crippen molar-refractivity contribution in [3.8, 4) is 0 Å². The summed E-state index contributed by atoms with van der Waals surface area (Å²) in [4.78, 5) is 43.0. The van der Waals surface area contributed by atoms with Gasteiger partial charge in [0.2, 0.25) is 5.91 Å². The molecule has 5 atom stereocenters. The Balaban J connectivity index is 1.68. The molecule has 1 aromatic carbocycles. The van der Waals surface area contributed by atoms with Gasteiger partial charge in [-0.15, -0.1) is 0 Å². The fourth-order valence-corrected chi connectivity index (χ4v) is 5.82. The molecule has 0 bridgehead atoms. The Labute approximate surface area is 195 Å². The molecule has 2 aliphatic heterocycles. The SMILES string of the molecule is CC1(C)O[C@@H]2C(=O)[C@@H](CC(C)(C)[Si](C)(C)O)[C@@H](O)[C@@]3(CC(=O)N3OCc3ccccc3)[C@@H]2O1. The lowest BCUT2D eigenvalue weighted by Crippen LogP contribution is -2.80. The van der Waals surface area contributed by atoms with Crippen LogP contribution in [0.2, 0.25) is 18.1 Å². The third kappa shape index (κ3) is 3.98. The summed E-state index contributed by atoms with van der Waals surface area (Å²) < 4.78 is 12.1. The van der Waals surface area contributed by atoms with E-state index < -0.39 is 48.9 Å². The van der Waals surface area contributed by atoms with E-state index >= 15 is 0 Å². The van der Waals surface area contributed by atoms with E-state index in [1.54, 1.807) is 13.8 Å². The number of carbonyl (C=O) groups is 2. The van der Waals surface area contributed by atoms with Crippen molar-refractivity contribution in [3.63, 3.8) is 0 Å². The molecule has 9 heteroatoms. The summed E-state index contributed by atoms with van der Waals surface area (Å²) in [7, 11) is -2.67. The number of rotatable bonds is 6. The number of β-lactam (4-membered cyclic amide) rings is 1. The molecule has 33 heavy (non-hydrogen) atoms. The van der Waals surface area contributed by atoms with Gasteiger partial charge in [-0.2, -0.15) is 0 Å². The highest BCUT2D eigenvalue weighted by atomic mass is 28.4. The third-order valence-electron chi connectivity index (χ3n) is 7.76. The van der Waals surface area contributed by atoms with E-state index in [4.69, 9.17) is 14.3 Å². The minimum absolute atomic E-state index is 0.00623. The highest BCUT2D eigenvalue weighted by Crippen LogP contribution is 2.55. The molecule has 3 aliphatic rings. The fraction of sp³-hybridized carbons (Fsp3) is 0.667. The number of ether oxygens (including phenoxy) is 2. The molecular formula is C24H35NO7Si. The van der Waals surface area contributed by atoms with Crippen LogP contribution < -0.4 is 0 Å². The fourth-order valence-electron chi connectivity index (χ4n) is 5.10. The zero-order valence-electron chi connectivity index (χ0n) is 20.2. The van der Waals surface area contributed by atoms with E-state index in [0.29, 0.717) is 0 Å². The van der Waals surface area contributed by atoms with Crippen molar-refractivity contribution < 1.29 is 33.8 Å². The van der Waals surface area contributed by atoms with Gasteiger partial charge in [0.25, 0.3) is 0 Å². The summed E-state index contributed by atoms with van der Waals surface area (Å²) in [5.74, 6) is -2.40. The van der Waals surface area contributed by atoms with Crippen molar-refractivity contribution >= 4 is 20.0 Å². The molecule has 0 aromatic heterocycles. The van der Waals surface area contributed by atoms with Gasteiger partial charge in [-0.1, -0.05) is 44.2 Å². The maximum atomic E-state index is 13.5. The van der Waals surface area contributed by atoms with Crippen molar-refractivity contribution in [2.45, 2.75) is 94.9 Å². The first-order chi connectivity index (χ1) is 15.2. The Hall–Kier alpha value is -1.62. The van der Waals surface area contributed by atoms with Crippen LogP contribution in [0.5, 0.6) is 0 Å². The number of aliphatic hydroxyl groups excluding tert-OH is 1. The molecule has 1 spiro atoms. The summed E-state index contributed by atoms with van der Waals surface area (Å²) in [6, 6.07) is 9.43. The summed E-state index contributed by atoms with van der Waals surface area (Å²) in [6.45, 7) is 11.1. The first kappa shape index (κ1) is 24.5. The van der Waals surface area contributed by atoms with E-state index in [0.717, 1.165) is 5.56 Å². The van der Waals surface area contributed by atoms with Crippen LogP contribution in [0.4, 0.5) is 0 Å². The predicted octanol–water partition coefficient (Wildman–Crippen LogP) is 2.54. The average molecular weight is 478 g/mol. The van der Waals surface area contributed by atoms with Gasteiger partial charge in [-0.05, 0) is 44.0 Å². The van der Waals surface area contributed by atoms with Crippen LogP contribution >= 0.6 is 0 Å². The minimum atomic E-state index is -2.67. The molecule has 1 aromatic rings.